The number of aryl methyl sites for hydroxylation is 1. The zero-order chi connectivity index (χ0) is 13.9. The van der Waals surface area contributed by atoms with E-state index in [1.807, 2.05) is 25.1 Å². The molecule has 6 heteroatoms. The molecule has 3 rings (SSSR count). The largest absolute Gasteiger partial charge is 0.345 e. The van der Waals surface area contributed by atoms with Crippen LogP contribution in [-0.4, -0.2) is 21.0 Å². The summed E-state index contributed by atoms with van der Waals surface area (Å²) >= 11 is 0. The Morgan fingerprint density at radius 1 is 1.10 bits per heavy atom. The lowest BCUT2D eigenvalue weighted by Crippen LogP contribution is -2.19. The molecule has 0 aliphatic rings. The number of aromatic nitrogens is 3. The van der Waals surface area contributed by atoms with E-state index < -0.39 is 0 Å². The fraction of sp³-hybridized carbons (Fsp3) is 0.0714. The Balaban J connectivity index is 1.70. The Labute approximate surface area is 115 Å². The first-order valence-corrected chi connectivity index (χ1v) is 6.14. The summed E-state index contributed by atoms with van der Waals surface area (Å²) < 4.78 is 0. The van der Waals surface area contributed by atoms with Crippen LogP contribution in [0, 0.1) is 6.92 Å². The number of carbonyl (C=O) groups is 1. The maximum atomic E-state index is 11.9. The number of urea groups is 1. The summed E-state index contributed by atoms with van der Waals surface area (Å²) in [7, 11) is 0. The Morgan fingerprint density at radius 2 is 1.90 bits per heavy atom. The number of anilines is 2. The number of benzene rings is 1. The van der Waals surface area contributed by atoms with Gasteiger partial charge in [0.25, 0.3) is 0 Å². The Hall–Kier alpha value is -2.89. The van der Waals surface area contributed by atoms with Gasteiger partial charge in [0, 0.05) is 11.4 Å². The summed E-state index contributed by atoms with van der Waals surface area (Å²) in [6.07, 6.45) is 3.24. The number of nitrogens with one attached hydrogen (secondary N) is 3. The number of imidazole rings is 1. The highest BCUT2D eigenvalue weighted by atomic mass is 16.2. The van der Waals surface area contributed by atoms with Crippen LogP contribution in [0.25, 0.3) is 11.0 Å². The first-order chi connectivity index (χ1) is 9.70. The van der Waals surface area contributed by atoms with Crippen LogP contribution >= 0.6 is 0 Å². The SMILES string of the molecule is Cc1ccc(NC(=O)Nc2ccc3nc[nH]c3c2)cn1. The van der Waals surface area contributed by atoms with E-state index in [1.54, 1.807) is 24.7 Å². The van der Waals surface area contributed by atoms with Crippen LogP contribution in [-0.2, 0) is 0 Å². The van der Waals surface area contributed by atoms with Gasteiger partial charge in [-0.1, -0.05) is 0 Å². The number of amides is 2. The van der Waals surface area contributed by atoms with Gasteiger partial charge in [-0.25, -0.2) is 9.78 Å². The van der Waals surface area contributed by atoms with E-state index >= 15 is 0 Å². The van der Waals surface area contributed by atoms with Crippen molar-refractivity contribution in [3.63, 3.8) is 0 Å². The van der Waals surface area contributed by atoms with Crippen molar-refractivity contribution in [3.05, 3.63) is 48.5 Å². The highest BCUT2D eigenvalue weighted by Crippen LogP contribution is 2.16. The molecule has 2 amide bonds. The molecule has 2 heterocycles. The van der Waals surface area contributed by atoms with Crippen LogP contribution in [0.3, 0.4) is 0 Å². The van der Waals surface area contributed by atoms with Crippen molar-refractivity contribution in [2.75, 3.05) is 10.6 Å². The van der Waals surface area contributed by atoms with E-state index in [0.717, 1.165) is 16.7 Å². The molecule has 0 aliphatic heterocycles. The predicted octanol–water partition coefficient (Wildman–Crippen LogP) is 2.91. The van der Waals surface area contributed by atoms with Gasteiger partial charge in [-0.3, -0.25) is 4.98 Å². The minimum atomic E-state index is -0.311. The highest BCUT2D eigenvalue weighted by Gasteiger charge is 2.04. The summed E-state index contributed by atoms with van der Waals surface area (Å²) in [5, 5.41) is 5.48. The monoisotopic (exact) mass is 267 g/mol. The summed E-state index contributed by atoms with van der Waals surface area (Å²) in [6.45, 7) is 1.89. The Kier molecular flexibility index (Phi) is 3.04. The molecule has 0 saturated carbocycles. The van der Waals surface area contributed by atoms with Gasteiger partial charge in [-0.05, 0) is 37.3 Å². The normalized spacial score (nSPS) is 10.4. The minimum absolute atomic E-state index is 0.311. The Morgan fingerprint density at radius 3 is 2.70 bits per heavy atom. The van der Waals surface area contributed by atoms with Gasteiger partial charge in [-0.15, -0.1) is 0 Å². The molecule has 1 aromatic carbocycles. The van der Waals surface area contributed by atoms with Gasteiger partial charge >= 0.3 is 6.03 Å². The van der Waals surface area contributed by atoms with E-state index in [4.69, 9.17) is 0 Å². The molecule has 0 fully saturated rings. The number of H-pyrrole nitrogens is 1. The molecule has 2 aromatic heterocycles. The maximum Gasteiger partial charge on any atom is 0.323 e. The van der Waals surface area contributed by atoms with Gasteiger partial charge in [0.2, 0.25) is 0 Å². The summed E-state index contributed by atoms with van der Waals surface area (Å²) in [4.78, 5) is 23.1. The average molecular weight is 267 g/mol. The molecule has 0 spiro atoms. The summed E-state index contributed by atoms with van der Waals surface area (Å²) in [6, 6.07) is 8.81. The summed E-state index contributed by atoms with van der Waals surface area (Å²) in [5.41, 5.74) is 3.98. The lowest BCUT2D eigenvalue weighted by molar-refractivity contribution is 0.262. The van der Waals surface area contributed by atoms with Crippen molar-refractivity contribution >= 4 is 28.4 Å². The molecule has 0 unspecified atom stereocenters. The molecular weight excluding hydrogens is 254 g/mol. The van der Waals surface area contributed by atoms with Gasteiger partial charge in [0.1, 0.15) is 0 Å². The van der Waals surface area contributed by atoms with Crippen LogP contribution in [0.2, 0.25) is 0 Å². The molecular formula is C14H13N5O. The topological polar surface area (TPSA) is 82.7 Å². The van der Waals surface area contributed by atoms with Crippen molar-refractivity contribution in [2.24, 2.45) is 0 Å². The number of hydrogen-bond donors (Lipinski definition) is 3. The van der Waals surface area contributed by atoms with Crippen molar-refractivity contribution in [3.8, 4) is 0 Å². The maximum absolute atomic E-state index is 11.9. The van der Waals surface area contributed by atoms with Crippen LogP contribution in [0.5, 0.6) is 0 Å². The molecule has 3 aromatic rings. The third-order valence-electron chi connectivity index (χ3n) is 2.85. The fourth-order valence-electron chi connectivity index (χ4n) is 1.85. The molecule has 6 nitrogen and oxygen atoms in total. The standard InChI is InChI=1S/C14H13N5O/c1-9-2-3-11(7-15-9)19-14(20)18-10-4-5-12-13(6-10)17-8-16-12/h2-8H,1H3,(H,16,17)(H2,18,19,20). The zero-order valence-electron chi connectivity index (χ0n) is 10.8. The van der Waals surface area contributed by atoms with Gasteiger partial charge in [-0.2, -0.15) is 0 Å². The van der Waals surface area contributed by atoms with Crippen LogP contribution in [0.15, 0.2) is 42.9 Å². The molecule has 0 aliphatic carbocycles. The Bertz CT molecular complexity index is 748. The van der Waals surface area contributed by atoms with Crippen LogP contribution in [0.4, 0.5) is 16.2 Å². The number of rotatable bonds is 2. The number of pyridine rings is 1. The molecule has 0 atom stereocenters. The lowest BCUT2D eigenvalue weighted by atomic mass is 10.3. The molecule has 0 radical (unpaired) electrons. The first kappa shape index (κ1) is 12.2. The van der Waals surface area contributed by atoms with Crippen molar-refractivity contribution < 1.29 is 4.79 Å². The van der Waals surface area contributed by atoms with Crippen molar-refractivity contribution in [2.45, 2.75) is 6.92 Å². The quantitative estimate of drug-likeness (QED) is 0.667. The second kappa shape index (κ2) is 5.00. The van der Waals surface area contributed by atoms with Gasteiger partial charge in [0.15, 0.2) is 0 Å². The molecule has 0 saturated heterocycles. The third kappa shape index (κ3) is 2.59. The van der Waals surface area contributed by atoms with Crippen molar-refractivity contribution in [1.82, 2.24) is 15.0 Å². The van der Waals surface area contributed by atoms with E-state index in [9.17, 15) is 4.79 Å². The second-order valence-corrected chi connectivity index (χ2v) is 4.40. The van der Waals surface area contributed by atoms with Crippen LogP contribution < -0.4 is 10.6 Å². The number of fused-ring (bicyclic) bond motifs is 1. The van der Waals surface area contributed by atoms with E-state index in [2.05, 4.69) is 25.6 Å². The highest BCUT2D eigenvalue weighted by molar-refractivity contribution is 6.00. The molecule has 20 heavy (non-hydrogen) atoms. The van der Waals surface area contributed by atoms with Crippen molar-refractivity contribution in [1.29, 1.82) is 0 Å². The van der Waals surface area contributed by atoms with Gasteiger partial charge < -0.3 is 15.6 Å². The molecule has 3 N–H and O–H groups in total. The van der Waals surface area contributed by atoms with E-state index in [1.165, 1.54) is 0 Å². The van der Waals surface area contributed by atoms with Crippen LogP contribution in [0.1, 0.15) is 5.69 Å². The number of carbonyl (C=O) groups excluding carboxylic acids is 1. The average Bonchev–Trinajstić information content (AvgIpc) is 2.89. The number of aromatic amines is 1. The first-order valence-electron chi connectivity index (χ1n) is 6.14. The predicted molar refractivity (Wildman–Crippen MR) is 77.7 cm³/mol. The minimum Gasteiger partial charge on any atom is -0.345 e. The number of nitrogens with zero attached hydrogens (tertiary/aromatic N) is 2. The summed E-state index contributed by atoms with van der Waals surface area (Å²) in [5.74, 6) is 0. The fourth-order valence-corrected chi connectivity index (χ4v) is 1.85. The number of hydrogen-bond acceptors (Lipinski definition) is 3. The second-order valence-electron chi connectivity index (χ2n) is 4.40. The third-order valence-corrected chi connectivity index (χ3v) is 2.85. The van der Waals surface area contributed by atoms with Gasteiger partial charge in [0.05, 0.1) is 29.2 Å². The van der Waals surface area contributed by atoms with E-state index in [0.29, 0.717) is 11.4 Å². The smallest absolute Gasteiger partial charge is 0.323 e. The van der Waals surface area contributed by atoms with E-state index in [-0.39, 0.29) is 6.03 Å². The lowest BCUT2D eigenvalue weighted by Gasteiger charge is -2.07. The molecule has 0 bridgehead atoms. The zero-order valence-corrected chi connectivity index (χ0v) is 10.8. The molecule has 100 valence electrons.